The van der Waals surface area contributed by atoms with Crippen molar-refractivity contribution >= 4 is 46.6 Å². The number of hydrogen-bond acceptors (Lipinski definition) is 4. The second kappa shape index (κ2) is 11.5. The van der Waals surface area contributed by atoms with E-state index in [2.05, 4.69) is 10.6 Å². The van der Waals surface area contributed by atoms with Crippen LogP contribution in [0.1, 0.15) is 25.7 Å². The molecule has 2 N–H and O–H groups in total. The fraction of sp³-hybridized carbons (Fsp3) is 0.364. The van der Waals surface area contributed by atoms with Crippen LogP contribution in [-0.2, 0) is 9.59 Å². The molecule has 0 atom stereocenters. The summed E-state index contributed by atoms with van der Waals surface area (Å²) in [4.78, 5) is 24.3. The van der Waals surface area contributed by atoms with Gasteiger partial charge in [0.15, 0.2) is 13.2 Å². The minimum Gasteiger partial charge on any atom is -0.484 e. The van der Waals surface area contributed by atoms with E-state index in [1.165, 1.54) is 0 Å². The Bertz CT molecular complexity index is 900. The van der Waals surface area contributed by atoms with Gasteiger partial charge in [0.1, 0.15) is 11.5 Å². The molecule has 0 radical (unpaired) electrons. The minimum absolute atomic E-state index is 0.0512. The van der Waals surface area contributed by atoms with Gasteiger partial charge in [-0.05, 0) is 62.1 Å². The van der Waals surface area contributed by atoms with Gasteiger partial charge in [0.2, 0.25) is 0 Å². The molecule has 2 aromatic carbocycles. The molecule has 0 bridgehead atoms. The SMILES string of the molecule is O=C(COc1ccc(Cl)cc1)NC1CCC(NC(=O)COc2ccc(Cl)c(Cl)c2)CC1. The lowest BCUT2D eigenvalue weighted by atomic mass is 9.91. The molecule has 2 aromatic rings. The van der Waals surface area contributed by atoms with Crippen LogP contribution in [0.15, 0.2) is 42.5 Å². The van der Waals surface area contributed by atoms with Gasteiger partial charge in [0.25, 0.3) is 11.8 Å². The number of carbonyl (C=O) groups is 2. The van der Waals surface area contributed by atoms with Gasteiger partial charge in [-0.2, -0.15) is 0 Å². The first kappa shape index (κ1) is 23.5. The third-order valence-corrected chi connectivity index (χ3v) is 5.89. The smallest absolute Gasteiger partial charge is 0.258 e. The fourth-order valence-corrected chi connectivity index (χ4v) is 3.73. The van der Waals surface area contributed by atoms with E-state index < -0.39 is 0 Å². The number of rotatable bonds is 8. The highest BCUT2D eigenvalue weighted by Gasteiger charge is 2.23. The lowest BCUT2D eigenvalue weighted by molar-refractivity contribution is -0.125. The van der Waals surface area contributed by atoms with E-state index in [4.69, 9.17) is 44.3 Å². The number of ether oxygens (including phenoxy) is 2. The van der Waals surface area contributed by atoms with Crippen LogP contribution in [0.3, 0.4) is 0 Å². The predicted molar refractivity (Wildman–Crippen MR) is 121 cm³/mol. The van der Waals surface area contributed by atoms with Gasteiger partial charge >= 0.3 is 0 Å². The first-order valence-electron chi connectivity index (χ1n) is 9.94. The summed E-state index contributed by atoms with van der Waals surface area (Å²) < 4.78 is 10.9. The van der Waals surface area contributed by atoms with Crippen molar-refractivity contribution in [3.8, 4) is 11.5 Å². The first-order chi connectivity index (χ1) is 14.9. The third kappa shape index (κ3) is 7.80. The summed E-state index contributed by atoms with van der Waals surface area (Å²) >= 11 is 17.6. The predicted octanol–water partition coefficient (Wildman–Crippen LogP) is 4.65. The Balaban J connectivity index is 1.32. The zero-order valence-electron chi connectivity index (χ0n) is 16.7. The van der Waals surface area contributed by atoms with Gasteiger partial charge < -0.3 is 20.1 Å². The van der Waals surface area contributed by atoms with Gasteiger partial charge in [-0.3, -0.25) is 9.59 Å². The summed E-state index contributed by atoms with van der Waals surface area (Å²) in [6.45, 7) is -0.152. The van der Waals surface area contributed by atoms with E-state index in [1.807, 2.05) is 0 Å². The summed E-state index contributed by atoms with van der Waals surface area (Å²) in [6, 6.07) is 11.8. The van der Waals surface area contributed by atoms with Crippen LogP contribution in [0.5, 0.6) is 11.5 Å². The first-order valence-corrected chi connectivity index (χ1v) is 11.1. The molecular formula is C22H23Cl3N2O4. The maximum atomic E-state index is 12.1. The topological polar surface area (TPSA) is 76.7 Å². The van der Waals surface area contributed by atoms with Crippen LogP contribution >= 0.6 is 34.8 Å². The van der Waals surface area contributed by atoms with Crippen LogP contribution in [0.2, 0.25) is 15.1 Å². The second-order valence-corrected chi connectivity index (χ2v) is 8.54. The molecular weight excluding hydrogens is 463 g/mol. The zero-order valence-corrected chi connectivity index (χ0v) is 19.0. The van der Waals surface area contributed by atoms with Gasteiger partial charge in [-0.25, -0.2) is 0 Å². The molecule has 1 aliphatic rings. The van der Waals surface area contributed by atoms with Gasteiger partial charge in [0, 0.05) is 23.2 Å². The van der Waals surface area contributed by atoms with Gasteiger partial charge in [0.05, 0.1) is 10.0 Å². The van der Waals surface area contributed by atoms with Gasteiger partial charge in [-0.1, -0.05) is 34.8 Å². The van der Waals surface area contributed by atoms with Crippen molar-refractivity contribution in [3.63, 3.8) is 0 Å². The number of benzene rings is 2. The van der Waals surface area contributed by atoms with Crippen molar-refractivity contribution in [2.45, 2.75) is 37.8 Å². The Labute approximate surface area is 196 Å². The van der Waals surface area contributed by atoms with Crippen molar-refractivity contribution in [1.29, 1.82) is 0 Å². The van der Waals surface area contributed by atoms with Crippen LogP contribution < -0.4 is 20.1 Å². The Kier molecular flexibility index (Phi) is 8.69. The standard InChI is InChI=1S/C22H23Cl3N2O4/c23-14-1-7-17(8-2-14)30-12-21(28)26-15-3-5-16(6-4-15)27-22(29)13-31-18-9-10-19(24)20(25)11-18/h1-2,7-11,15-16H,3-6,12-13H2,(H,26,28)(H,27,29). The molecule has 2 amide bonds. The summed E-state index contributed by atoms with van der Waals surface area (Å²) in [5, 5.41) is 7.36. The molecule has 0 spiro atoms. The molecule has 0 aromatic heterocycles. The lowest BCUT2D eigenvalue weighted by Gasteiger charge is -2.29. The van der Waals surface area contributed by atoms with E-state index in [9.17, 15) is 9.59 Å². The van der Waals surface area contributed by atoms with Crippen molar-refractivity contribution < 1.29 is 19.1 Å². The molecule has 9 heteroatoms. The summed E-state index contributed by atoms with van der Waals surface area (Å²) in [5.74, 6) is 0.707. The Morgan fingerprint density at radius 2 is 1.23 bits per heavy atom. The van der Waals surface area contributed by atoms with E-state index in [0.29, 0.717) is 26.6 Å². The molecule has 6 nitrogen and oxygen atoms in total. The molecule has 0 unspecified atom stereocenters. The zero-order chi connectivity index (χ0) is 22.2. The van der Waals surface area contributed by atoms with E-state index in [0.717, 1.165) is 25.7 Å². The second-order valence-electron chi connectivity index (χ2n) is 7.29. The number of halogens is 3. The average Bonchev–Trinajstić information content (AvgIpc) is 2.75. The monoisotopic (exact) mass is 484 g/mol. The molecule has 1 aliphatic carbocycles. The quantitative estimate of drug-likeness (QED) is 0.571. The summed E-state index contributed by atoms with van der Waals surface area (Å²) in [6.07, 6.45) is 3.12. The Hall–Kier alpha value is -2.15. The molecule has 166 valence electrons. The molecule has 0 aliphatic heterocycles. The van der Waals surface area contributed by atoms with Crippen molar-refractivity contribution in [2.24, 2.45) is 0 Å². The van der Waals surface area contributed by atoms with Crippen LogP contribution in [-0.4, -0.2) is 37.1 Å². The lowest BCUT2D eigenvalue weighted by Crippen LogP contribution is -2.45. The van der Waals surface area contributed by atoms with E-state index >= 15 is 0 Å². The summed E-state index contributed by atoms with van der Waals surface area (Å²) in [7, 11) is 0. The van der Waals surface area contributed by atoms with Crippen molar-refractivity contribution in [1.82, 2.24) is 10.6 Å². The highest BCUT2D eigenvalue weighted by Crippen LogP contribution is 2.26. The third-order valence-electron chi connectivity index (χ3n) is 4.90. The highest BCUT2D eigenvalue weighted by atomic mass is 35.5. The van der Waals surface area contributed by atoms with Gasteiger partial charge in [-0.15, -0.1) is 0 Å². The van der Waals surface area contributed by atoms with Crippen LogP contribution in [0, 0.1) is 0 Å². The molecule has 0 heterocycles. The van der Waals surface area contributed by atoms with Crippen LogP contribution in [0.4, 0.5) is 0 Å². The normalized spacial score (nSPS) is 18.2. The number of carbonyl (C=O) groups excluding carboxylic acids is 2. The molecule has 3 rings (SSSR count). The minimum atomic E-state index is -0.199. The van der Waals surface area contributed by atoms with E-state index in [1.54, 1.807) is 42.5 Å². The van der Waals surface area contributed by atoms with E-state index in [-0.39, 0.29) is 37.1 Å². The van der Waals surface area contributed by atoms with Crippen LogP contribution in [0.25, 0.3) is 0 Å². The molecule has 1 saturated carbocycles. The van der Waals surface area contributed by atoms with Crippen molar-refractivity contribution in [3.05, 3.63) is 57.5 Å². The molecule has 31 heavy (non-hydrogen) atoms. The average molecular weight is 486 g/mol. The molecule has 1 fully saturated rings. The number of amides is 2. The largest absolute Gasteiger partial charge is 0.484 e. The molecule has 0 saturated heterocycles. The summed E-state index contributed by atoms with van der Waals surface area (Å²) in [5.41, 5.74) is 0. The maximum absolute atomic E-state index is 12.1. The number of hydrogen-bond donors (Lipinski definition) is 2. The fourth-order valence-electron chi connectivity index (χ4n) is 3.32. The number of nitrogens with one attached hydrogen (secondary N) is 2. The Morgan fingerprint density at radius 1 is 0.742 bits per heavy atom. The Morgan fingerprint density at radius 3 is 1.74 bits per heavy atom. The maximum Gasteiger partial charge on any atom is 0.258 e. The highest BCUT2D eigenvalue weighted by molar-refractivity contribution is 6.42. The van der Waals surface area contributed by atoms with Crippen molar-refractivity contribution in [2.75, 3.05) is 13.2 Å².